The Kier molecular flexibility index (Phi) is 5.83. The average molecular weight is 263 g/mol. The standard InChI is InChI=1S/C16H25NO2/c1-2-16(18)11-17-9-8-15(10-17)13-19-12-14-6-4-3-5-7-14/h3-7,15-16,18H,2,8-13H2,1H3. The van der Waals surface area contributed by atoms with Crippen LogP contribution in [0.5, 0.6) is 0 Å². The van der Waals surface area contributed by atoms with Crippen molar-refractivity contribution in [1.82, 2.24) is 4.90 Å². The maximum absolute atomic E-state index is 9.66. The molecular formula is C16H25NO2. The van der Waals surface area contributed by atoms with Gasteiger partial charge in [0.2, 0.25) is 0 Å². The minimum atomic E-state index is -0.177. The number of aliphatic hydroxyl groups excluding tert-OH is 1. The Labute approximate surface area is 116 Å². The van der Waals surface area contributed by atoms with E-state index in [1.807, 2.05) is 25.1 Å². The molecule has 19 heavy (non-hydrogen) atoms. The molecule has 2 unspecified atom stereocenters. The predicted molar refractivity (Wildman–Crippen MR) is 76.9 cm³/mol. The quantitative estimate of drug-likeness (QED) is 0.819. The zero-order valence-corrected chi connectivity index (χ0v) is 11.8. The van der Waals surface area contributed by atoms with Gasteiger partial charge in [0.15, 0.2) is 0 Å². The largest absolute Gasteiger partial charge is 0.392 e. The fourth-order valence-corrected chi connectivity index (χ4v) is 2.56. The highest BCUT2D eigenvalue weighted by Gasteiger charge is 2.23. The van der Waals surface area contributed by atoms with Crippen LogP contribution in [0.1, 0.15) is 25.3 Å². The SMILES string of the molecule is CCC(O)CN1CCC(COCc2ccccc2)C1. The summed E-state index contributed by atoms with van der Waals surface area (Å²) in [6, 6.07) is 10.3. The van der Waals surface area contributed by atoms with Crippen molar-refractivity contribution in [2.75, 3.05) is 26.2 Å². The molecule has 1 aromatic carbocycles. The number of nitrogens with zero attached hydrogens (tertiary/aromatic N) is 1. The summed E-state index contributed by atoms with van der Waals surface area (Å²) in [6.45, 7) is 6.53. The Balaban J connectivity index is 1.63. The summed E-state index contributed by atoms with van der Waals surface area (Å²) in [7, 11) is 0. The fourth-order valence-electron chi connectivity index (χ4n) is 2.56. The Morgan fingerprint density at radius 1 is 1.37 bits per heavy atom. The van der Waals surface area contributed by atoms with Crippen molar-refractivity contribution in [2.24, 2.45) is 5.92 Å². The van der Waals surface area contributed by atoms with Crippen molar-refractivity contribution < 1.29 is 9.84 Å². The van der Waals surface area contributed by atoms with Gasteiger partial charge in [-0.05, 0) is 30.9 Å². The minimum Gasteiger partial charge on any atom is -0.392 e. The van der Waals surface area contributed by atoms with Crippen LogP contribution in [-0.2, 0) is 11.3 Å². The molecule has 0 spiro atoms. The monoisotopic (exact) mass is 263 g/mol. The lowest BCUT2D eigenvalue weighted by Crippen LogP contribution is -2.30. The van der Waals surface area contributed by atoms with Gasteiger partial charge < -0.3 is 14.7 Å². The van der Waals surface area contributed by atoms with Crippen LogP contribution in [0.2, 0.25) is 0 Å². The van der Waals surface area contributed by atoms with Gasteiger partial charge >= 0.3 is 0 Å². The maximum Gasteiger partial charge on any atom is 0.0717 e. The Bertz CT molecular complexity index is 355. The molecule has 0 aliphatic carbocycles. The lowest BCUT2D eigenvalue weighted by Gasteiger charge is -2.19. The van der Waals surface area contributed by atoms with Gasteiger partial charge in [0.05, 0.1) is 19.3 Å². The number of hydrogen-bond donors (Lipinski definition) is 1. The van der Waals surface area contributed by atoms with Gasteiger partial charge in [0.1, 0.15) is 0 Å². The van der Waals surface area contributed by atoms with Crippen LogP contribution in [0.4, 0.5) is 0 Å². The van der Waals surface area contributed by atoms with E-state index in [0.717, 1.165) is 32.7 Å². The number of likely N-dealkylation sites (tertiary alicyclic amines) is 1. The zero-order chi connectivity index (χ0) is 13.5. The first-order valence-corrected chi connectivity index (χ1v) is 7.30. The van der Waals surface area contributed by atoms with E-state index < -0.39 is 0 Å². The lowest BCUT2D eigenvalue weighted by atomic mass is 10.1. The second-order valence-electron chi connectivity index (χ2n) is 5.48. The molecule has 2 atom stereocenters. The molecule has 0 aromatic heterocycles. The van der Waals surface area contributed by atoms with Gasteiger partial charge in [0, 0.05) is 13.1 Å². The summed E-state index contributed by atoms with van der Waals surface area (Å²) in [6.07, 6.45) is 1.85. The van der Waals surface area contributed by atoms with Gasteiger partial charge in [-0.1, -0.05) is 37.3 Å². The predicted octanol–water partition coefficient (Wildman–Crippen LogP) is 2.30. The van der Waals surface area contributed by atoms with E-state index >= 15 is 0 Å². The van der Waals surface area contributed by atoms with Crippen LogP contribution < -0.4 is 0 Å². The molecule has 0 radical (unpaired) electrons. The van der Waals surface area contributed by atoms with Gasteiger partial charge in [-0.2, -0.15) is 0 Å². The van der Waals surface area contributed by atoms with Crippen LogP contribution in [0, 0.1) is 5.92 Å². The van der Waals surface area contributed by atoms with Crippen molar-refractivity contribution >= 4 is 0 Å². The van der Waals surface area contributed by atoms with Crippen molar-refractivity contribution in [3.05, 3.63) is 35.9 Å². The van der Waals surface area contributed by atoms with Crippen LogP contribution in [-0.4, -0.2) is 42.4 Å². The highest BCUT2D eigenvalue weighted by molar-refractivity contribution is 5.13. The van der Waals surface area contributed by atoms with Gasteiger partial charge in [-0.3, -0.25) is 0 Å². The number of aliphatic hydroxyl groups is 1. The summed E-state index contributed by atoms with van der Waals surface area (Å²) >= 11 is 0. The van der Waals surface area contributed by atoms with E-state index in [2.05, 4.69) is 17.0 Å². The van der Waals surface area contributed by atoms with Crippen molar-refractivity contribution in [1.29, 1.82) is 0 Å². The minimum absolute atomic E-state index is 0.177. The molecule has 0 saturated carbocycles. The van der Waals surface area contributed by atoms with Gasteiger partial charge in [-0.25, -0.2) is 0 Å². The number of ether oxygens (including phenoxy) is 1. The Morgan fingerprint density at radius 2 is 2.16 bits per heavy atom. The molecular weight excluding hydrogens is 238 g/mol. The fraction of sp³-hybridized carbons (Fsp3) is 0.625. The highest BCUT2D eigenvalue weighted by atomic mass is 16.5. The molecule has 3 heteroatoms. The molecule has 0 amide bonds. The smallest absolute Gasteiger partial charge is 0.0717 e. The molecule has 1 heterocycles. The summed E-state index contributed by atoms with van der Waals surface area (Å²) in [5.74, 6) is 0.618. The number of rotatable bonds is 7. The van der Waals surface area contributed by atoms with Crippen LogP contribution in [0.3, 0.4) is 0 Å². The third kappa shape index (κ3) is 4.94. The van der Waals surface area contributed by atoms with E-state index in [0.29, 0.717) is 12.5 Å². The maximum atomic E-state index is 9.66. The third-order valence-corrected chi connectivity index (χ3v) is 3.78. The van der Waals surface area contributed by atoms with Crippen molar-refractivity contribution in [2.45, 2.75) is 32.5 Å². The molecule has 3 nitrogen and oxygen atoms in total. The lowest BCUT2D eigenvalue weighted by molar-refractivity contribution is 0.0826. The number of hydrogen-bond acceptors (Lipinski definition) is 3. The van der Waals surface area contributed by atoms with Crippen LogP contribution in [0.25, 0.3) is 0 Å². The summed E-state index contributed by atoms with van der Waals surface area (Å²) in [5.41, 5.74) is 1.23. The molecule has 1 aliphatic rings. The second-order valence-corrected chi connectivity index (χ2v) is 5.48. The molecule has 1 N–H and O–H groups in total. The average Bonchev–Trinajstić information content (AvgIpc) is 2.87. The van der Waals surface area contributed by atoms with E-state index in [9.17, 15) is 5.11 Å². The van der Waals surface area contributed by atoms with Gasteiger partial charge in [0.25, 0.3) is 0 Å². The molecule has 1 fully saturated rings. The first kappa shape index (κ1) is 14.5. The summed E-state index contributed by atoms with van der Waals surface area (Å²) in [5, 5.41) is 9.66. The van der Waals surface area contributed by atoms with Crippen molar-refractivity contribution in [3.63, 3.8) is 0 Å². The number of β-amino-alcohol motifs (C(OH)–C–C–N with tert-alkyl or cyclic N) is 1. The second kappa shape index (κ2) is 7.63. The number of benzene rings is 1. The highest BCUT2D eigenvalue weighted by Crippen LogP contribution is 2.17. The van der Waals surface area contributed by atoms with E-state index in [1.54, 1.807) is 0 Å². The zero-order valence-electron chi connectivity index (χ0n) is 11.8. The van der Waals surface area contributed by atoms with Crippen LogP contribution in [0.15, 0.2) is 30.3 Å². The third-order valence-electron chi connectivity index (χ3n) is 3.78. The molecule has 1 aliphatic heterocycles. The Morgan fingerprint density at radius 3 is 2.89 bits per heavy atom. The van der Waals surface area contributed by atoms with E-state index in [4.69, 9.17) is 4.74 Å². The molecule has 0 bridgehead atoms. The molecule has 1 saturated heterocycles. The first-order chi connectivity index (χ1) is 9.28. The summed E-state index contributed by atoms with van der Waals surface area (Å²) in [4.78, 5) is 2.35. The Hall–Kier alpha value is -0.900. The first-order valence-electron chi connectivity index (χ1n) is 7.30. The van der Waals surface area contributed by atoms with E-state index in [-0.39, 0.29) is 6.10 Å². The van der Waals surface area contributed by atoms with Crippen molar-refractivity contribution in [3.8, 4) is 0 Å². The topological polar surface area (TPSA) is 32.7 Å². The molecule has 106 valence electrons. The molecule has 2 rings (SSSR count). The van der Waals surface area contributed by atoms with E-state index in [1.165, 1.54) is 12.0 Å². The summed E-state index contributed by atoms with van der Waals surface area (Å²) < 4.78 is 5.79. The normalized spacial score (nSPS) is 21.7. The van der Waals surface area contributed by atoms with Gasteiger partial charge in [-0.15, -0.1) is 0 Å². The van der Waals surface area contributed by atoms with Crippen LogP contribution >= 0.6 is 0 Å². The molecule has 1 aromatic rings.